The number of nitrogens with one attached hydrogen (secondary N) is 1. The first-order valence-electron chi connectivity index (χ1n) is 7.35. The van der Waals surface area contributed by atoms with Crippen LogP contribution in [0.2, 0.25) is 0 Å². The molecule has 0 spiro atoms. The minimum absolute atomic E-state index is 0.222. The van der Waals surface area contributed by atoms with Crippen LogP contribution in [0.25, 0.3) is 0 Å². The molecule has 5 heteroatoms. The smallest absolute Gasteiger partial charge is 0.161 e. The first-order chi connectivity index (χ1) is 10.1. The predicted molar refractivity (Wildman–Crippen MR) is 83.0 cm³/mol. The van der Waals surface area contributed by atoms with Crippen LogP contribution in [0.4, 0.5) is 0 Å². The zero-order chi connectivity index (χ0) is 15.5. The number of aliphatic hydroxyl groups excluding tert-OH is 1. The van der Waals surface area contributed by atoms with Gasteiger partial charge >= 0.3 is 0 Å². The summed E-state index contributed by atoms with van der Waals surface area (Å²) in [4.78, 5) is 0. The van der Waals surface area contributed by atoms with Crippen LogP contribution < -0.4 is 14.8 Å². The summed E-state index contributed by atoms with van der Waals surface area (Å²) in [6.07, 6.45) is -0.569. The van der Waals surface area contributed by atoms with E-state index in [2.05, 4.69) is 19.2 Å². The molecule has 1 rings (SSSR count). The number of para-hydroxylation sites is 2. The van der Waals surface area contributed by atoms with E-state index in [1.54, 1.807) is 7.11 Å². The molecule has 5 nitrogen and oxygen atoms in total. The predicted octanol–water partition coefficient (Wildman–Crippen LogP) is 1.70. The molecule has 21 heavy (non-hydrogen) atoms. The highest BCUT2D eigenvalue weighted by molar-refractivity contribution is 5.39. The maximum Gasteiger partial charge on any atom is 0.161 e. The van der Waals surface area contributed by atoms with E-state index in [9.17, 15) is 5.11 Å². The van der Waals surface area contributed by atoms with Crippen molar-refractivity contribution in [1.82, 2.24) is 5.32 Å². The average Bonchev–Trinajstić information content (AvgIpc) is 2.48. The van der Waals surface area contributed by atoms with E-state index in [1.807, 2.05) is 24.3 Å². The van der Waals surface area contributed by atoms with Gasteiger partial charge in [0.05, 0.1) is 13.7 Å². The van der Waals surface area contributed by atoms with Crippen molar-refractivity contribution >= 4 is 0 Å². The zero-order valence-electron chi connectivity index (χ0n) is 13.2. The Morgan fingerprint density at radius 2 is 1.86 bits per heavy atom. The van der Waals surface area contributed by atoms with Crippen LogP contribution in [-0.2, 0) is 4.74 Å². The van der Waals surface area contributed by atoms with Gasteiger partial charge in [0.2, 0.25) is 0 Å². The summed E-state index contributed by atoms with van der Waals surface area (Å²) >= 11 is 0. The Kier molecular flexibility index (Phi) is 8.82. The second-order valence-corrected chi connectivity index (χ2v) is 5.29. The lowest BCUT2D eigenvalue weighted by Crippen LogP contribution is -2.33. The summed E-state index contributed by atoms with van der Waals surface area (Å²) in [5.74, 6) is 1.85. The summed E-state index contributed by atoms with van der Waals surface area (Å²) in [6.45, 7) is 7.07. The molecule has 0 radical (unpaired) electrons. The maximum absolute atomic E-state index is 9.85. The van der Waals surface area contributed by atoms with Gasteiger partial charge in [0.1, 0.15) is 12.7 Å². The van der Waals surface area contributed by atoms with Gasteiger partial charge in [0.15, 0.2) is 11.5 Å². The van der Waals surface area contributed by atoms with Gasteiger partial charge in [-0.3, -0.25) is 0 Å². The SMILES string of the molecule is COc1ccccc1OCC(O)CNCCOCC(C)C. The average molecular weight is 297 g/mol. The lowest BCUT2D eigenvalue weighted by atomic mass is 10.2. The van der Waals surface area contributed by atoms with Gasteiger partial charge < -0.3 is 24.6 Å². The van der Waals surface area contributed by atoms with Crippen LogP contribution in [-0.4, -0.2) is 51.2 Å². The molecule has 120 valence electrons. The van der Waals surface area contributed by atoms with Crippen LogP contribution in [0.1, 0.15) is 13.8 Å². The van der Waals surface area contributed by atoms with Crippen molar-refractivity contribution in [3.63, 3.8) is 0 Å². The first-order valence-corrected chi connectivity index (χ1v) is 7.35. The van der Waals surface area contributed by atoms with Crippen molar-refractivity contribution < 1.29 is 19.3 Å². The highest BCUT2D eigenvalue weighted by Gasteiger charge is 2.07. The fourth-order valence-electron chi connectivity index (χ4n) is 1.71. The molecule has 0 bridgehead atoms. The van der Waals surface area contributed by atoms with E-state index < -0.39 is 6.10 Å². The molecule has 0 heterocycles. The normalized spacial score (nSPS) is 12.4. The van der Waals surface area contributed by atoms with Gasteiger partial charge in [-0.05, 0) is 18.1 Å². The number of hydrogen-bond donors (Lipinski definition) is 2. The molecule has 1 unspecified atom stereocenters. The lowest BCUT2D eigenvalue weighted by Gasteiger charge is -2.15. The monoisotopic (exact) mass is 297 g/mol. The van der Waals surface area contributed by atoms with Crippen molar-refractivity contribution in [1.29, 1.82) is 0 Å². The molecule has 0 aliphatic carbocycles. The minimum atomic E-state index is -0.569. The summed E-state index contributed by atoms with van der Waals surface area (Å²) in [7, 11) is 1.59. The van der Waals surface area contributed by atoms with E-state index >= 15 is 0 Å². The fraction of sp³-hybridized carbons (Fsp3) is 0.625. The van der Waals surface area contributed by atoms with E-state index in [0.717, 1.165) is 13.2 Å². The van der Waals surface area contributed by atoms with Crippen LogP contribution in [0.15, 0.2) is 24.3 Å². The van der Waals surface area contributed by atoms with Gasteiger partial charge in [-0.25, -0.2) is 0 Å². The Hall–Kier alpha value is -1.30. The zero-order valence-corrected chi connectivity index (χ0v) is 13.2. The number of ether oxygens (including phenoxy) is 3. The number of benzene rings is 1. The Morgan fingerprint density at radius 3 is 2.52 bits per heavy atom. The second-order valence-electron chi connectivity index (χ2n) is 5.29. The summed E-state index contributed by atoms with van der Waals surface area (Å²) < 4.78 is 16.2. The van der Waals surface area contributed by atoms with Crippen LogP contribution in [0.3, 0.4) is 0 Å². The molecule has 0 aliphatic heterocycles. The number of aliphatic hydroxyl groups is 1. The topological polar surface area (TPSA) is 60.0 Å². The highest BCUT2D eigenvalue weighted by Crippen LogP contribution is 2.25. The number of methoxy groups -OCH3 is 1. The molecule has 1 atom stereocenters. The van der Waals surface area contributed by atoms with Crippen molar-refractivity contribution in [2.75, 3.05) is 40.0 Å². The van der Waals surface area contributed by atoms with Crippen LogP contribution in [0, 0.1) is 5.92 Å². The Labute approximate surface area is 127 Å². The Bertz CT molecular complexity index is 384. The van der Waals surface area contributed by atoms with E-state index in [0.29, 0.717) is 30.6 Å². The van der Waals surface area contributed by atoms with Crippen molar-refractivity contribution in [2.45, 2.75) is 20.0 Å². The fourth-order valence-corrected chi connectivity index (χ4v) is 1.71. The maximum atomic E-state index is 9.85. The third-order valence-electron chi connectivity index (χ3n) is 2.75. The largest absolute Gasteiger partial charge is 0.493 e. The Balaban J connectivity index is 2.12. The van der Waals surface area contributed by atoms with Gasteiger partial charge in [-0.2, -0.15) is 0 Å². The van der Waals surface area contributed by atoms with Gasteiger partial charge in [-0.15, -0.1) is 0 Å². The van der Waals surface area contributed by atoms with Crippen LogP contribution >= 0.6 is 0 Å². The molecule has 0 saturated heterocycles. The quantitative estimate of drug-likeness (QED) is 0.609. The van der Waals surface area contributed by atoms with E-state index in [1.165, 1.54) is 0 Å². The van der Waals surface area contributed by atoms with E-state index in [-0.39, 0.29) is 6.61 Å². The lowest BCUT2D eigenvalue weighted by molar-refractivity contribution is 0.0916. The molecule has 2 N–H and O–H groups in total. The minimum Gasteiger partial charge on any atom is -0.493 e. The van der Waals surface area contributed by atoms with Gasteiger partial charge in [0, 0.05) is 19.7 Å². The number of rotatable bonds is 11. The summed E-state index contributed by atoms with van der Waals surface area (Å²) in [5.41, 5.74) is 0. The molecule has 0 fully saturated rings. The third-order valence-corrected chi connectivity index (χ3v) is 2.75. The highest BCUT2D eigenvalue weighted by atomic mass is 16.5. The van der Waals surface area contributed by atoms with Gasteiger partial charge in [-0.1, -0.05) is 26.0 Å². The summed E-state index contributed by atoms with van der Waals surface area (Å²) in [5, 5.41) is 13.0. The number of hydrogen-bond acceptors (Lipinski definition) is 5. The van der Waals surface area contributed by atoms with Gasteiger partial charge in [0.25, 0.3) is 0 Å². The molecular formula is C16H27NO4. The summed E-state index contributed by atoms with van der Waals surface area (Å²) in [6, 6.07) is 7.39. The molecule has 0 aromatic heterocycles. The Morgan fingerprint density at radius 1 is 1.14 bits per heavy atom. The second kappa shape index (κ2) is 10.4. The standard InChI is InChI=1S/C16H27NO4/c1-13(2)11-20-9-8-17-10-14(18)12-21-16-7-5-4-6-15(16)19-3/h4-7,13-14,17-18H,8-12H2,1-3H3. The molecule has 0 saturated carbocycles. The molecular weight excluding hydrogens is 270 g/mol. The van der Waals surface area contributed by atoms with Crippen molar-refractivity contribution in [2.24, 2.45) is 5.92 Å². The van der Waals surface area contributed by atoms with Crippen molar-refractivity contribution in [3.8, 4) is 11.5 Å². The molecule has 1 aromatic carbocycles. The molecule has 0 amide bonds. The molecule has 1 aromatic rings. The first kappa shape index (κ1) is 17.8. The molecule has 0 aliphatic rings. The van der Waals surface area contributed by atoms with E-state index in [4.69, 9.17) is 14.2 Å². The third kappa shape index (κ3) is 7.90. The van der Waals surface area contributed by atoms with Crippen molar-refractivity contribution in [3.05, 3.63) is 24.3 Å². The van der Waals surface area contributed by atoms with Crippen LogP contribution in [0.5, 0.6) is 11.5 Å².